The maximum Gasteiger partial charge on any atom is 0.254 e. The van der Waals surface area contributed by atoms with Crippen LogP contribution in [0, 0.1) is 0 Å². The summed E-state index contributed by atoms with van der Waals surface area (Å²) in [6.07, 6.45) is 5.41. The molecule has 1 atom stereocenters. The zero-order valence-electron chi connectivity index (χ0n) is 11.2. The highest BCUT2D eigenvalue weighted by molar-refractivity contribution is 6.32. The summed E-state index contributed by atoms with van der Waals surface area (Å²) in [5.41, 5.74) is 0.440. The highest BCUT2D eigenvalue weighted by Gasteiger charge is 2.18. The van der Waals surface area contributed by atoms with Crippen LogP contribution < -0.4 is 5.32 Å². The minimum atomic E-state index is -0.151. The number of aromatic nitrogens is 1. The molecule has 0 aromatic carbocycles. The molecule has 2 rings (SSSR count). The summed E-state index contributed by atoms with van der Waals surface area (Å²) < 4.78 is 0. The number of rotatable bonds is 4. The van der Waals surface area contributed by atoms with Crippen LogP contribution >= 0.6 is 11.6 Å². The minimum Gasteiger partial charge on any atom is -0.350 e. The van der Waals surface area contributed by atoms with Gasteiger partial charge in [-0.05, 0) is 45.0 Å². The van der Waals surface area contributed by atoms with Gasteiger partial charge in [0.2, 0.25) is 0 Å². The highest BCUT2D eigenvalue weighted by Crippen LogP contribution is 2.13. The van der Waals surface area contributed by atoms with Crippen LogP contribution in [0.5, 0.6) is 0 Å². The predicted molar refractivity (Wildman–Crippen MR) is 76.5 cm³/mol. The van der Waals surface area contributed by atoms with Crippen molar-refractivity contribution >= 4 is 17.5 Å². The number of piperidine rings is 1. The van der Waals surface area contributed by atoms with E-state index >= 15 is 0 Å². The summed E-state index contributed by atoms with van der Waals surface area (Å²) in [5.74, 6) is -0.151. The number of nitrogens with one attached hydrogen (secondary N) is 1. The predicted octanol–water partition coefficient (Wildman–Crippen LogP) is 2.34. The molecular weight excluding hydrogens is 262 g/mol. The third-order valence-corrected chi connectivity index (χ3v) is 3.88. The summed E-state index contributed by atoms with van der Waals surface area (Å²) >= 11 is 5.90. The Morgan fingerprint density at radius 3 is 2.89 bits per heavy atom. The molecule has 104 valence electrons. The maximum absolute atomic E-state index is 12.0. The molecule has 1 aliphatic heterocycles. The van der Waals surface area contributed by atoms with Gasteiger partial charge in [0, 0.05) is 18.8 Å². The van der Waals surface area contributed by atoms with E-state index in [4.69, 9.17) is 11.6 Å². The summed E-state index contributed by atoms with van der Waals surface area (Å²) in [5, 5.41) is 3.19. The van der Waals surface area contributed by atoms with Crippen molar-refractivity contribution < 1.29 is 4.79 Å². The standard InChI is InChI=1S/C14H20ClN3O/c1-11(18-8-3-2-4-9-18)10-17-14(19)12-6-5-7-16-13(12)15/h5-7,11H,2-4,8-10H2,1H3,(H,17,19). The lowest BCUT2D eigenvalue weighted by molar-refractivity contribution is 0.0930. The molecule has 0 aliphatic carbocycles. The Morgan fingerprint density at radius 2 is 2.21 bits per heavy atom. The number of halogens is 1. The topological polar surface area (TPSA) is 45.2 Å². The number of carbonyl (C=O) groups is 1. The Kier molecular flexibility index (Phi) is 5.16. The fourth-order valence-corrected chi connectivity index (χ4v) is 2.58. The first kappa shape index (κ1) is 14.3. The van der Waals surface area contributed by atoms with E-state index in [0.717, 1.165) is 13.1 Å². The molecule has 5 heteroatoms. The first-order valence-corrected chi connectivity index (χ1v) is 7.19. The molecule has 1 N–H and O–H groups in total. The molecule has 0 radical (unpaired) electrons. The van der Waals surface area contributed by atoms with E-state index in [2.05, 4.69) is 22.1 Å². The quantitative estimate of drug-likeness (QED) is 0.862. The Labute approximate surface area is 119 Å². The van der Waals surface area contributed by atoms with Crippen molar-refractivity contribution in [1.29, 1.82) is 0 Å². The average Bonchev–Trinajstić information content (AvgIpc) is 2.46. The molecule has 1 aromatic rings. The van der Waals surface area contributed by atoms with Gasteiger partial charge in [-0.15, -0.1) is 0 Å². The lowest BCUT2D eigenvalue weighted by Gasteiger charge is -2.32. The summed E-state index contributed by atoms with van der Waals surface area (Å²) in [6, 6.07) is 3.77. The minimum absolute atomic E-state index is 0.151. The molecule has 1 aliphatic rings. The molecule has 4 nitrogen and oxygen atoms in total. The van der Waals surface area contributed by atoms with Crippen molar-refractivity contribution in [2.75, 3.05) is 19.6 Å². The first-order valence-electron chi connectivity index (χ1n) is 6.81. The molecule has 0 saturated carbocycles. The average molecular weight is 282 g/mol. The fraction of sp³-hybridized carbons (Fsp3) is 0.571. The van der Waals surface area contributed by atoms with Crippen LogP contribution in [-0.4, -0.2) is 41.5 Å². The van der Waals surface area contributed by atoms with Gasteiger partial charge >= 0.3 is 0 Å². The van der Waals surface area contributed by atoms with Gasteiger partial charge in [-0.3, -0.25) is 9.69 Å². The molecule has 19 heavy (non-hydrogen) atoms. The second kappa shape index (κ2) is 6.87. The van der Waals surface area contributed by atoms with Gasteiger partial charge < -0.3 is 5.32 Å². The molecule has 0 bridgehead atoms. The maximum atomic E-state index is 12.0. The van der Waals surface area contributed by atoms with E-state index in [0.29, 0.717) is 18.2 Å². The number of carbonyl (C=O) groups excluding carboxylic acids is 1. The molecule has 1 fully saturated rings. The van der Waals surface area contributed by atoms with E-state index < -0.39 is 0 Å². The highest BCUT2D eigenvalue weighted by atomic mass is 35.5. The normalized spacial score (nSPS) is 18.0. The van der Waals surface area contributed by atoms with Gasteiger partial charge in [-0.2, -0.15) is 0 Å². The van der Waals surface area contributed by atoms with Crippen LogP contribution in [0.4, 0.5) is 0 Å². The molecule has 1 unspecified atom stereocenters. The first-order chi connectivity index (χ1) is 9.18. The molecule has 1 saturated heterocycles. The van der Waals surface area contributed by atoms with E-state index in [1.54, 1.807) is 18.3 Å². The van der Waals surface area contributed by atoms with Crippen LogP contribution in [0.25, 0.3) is 0 Å². The number of nitrogens with zero attached hydrogens (tertiary/aromatic N) is 2. The third kappa shape index (κ3) is 3.91. The number of pyridine rings is 1. The van der Waals surface area contributed by atoms with Crippen LogP contribution in [0.2, 0.25) is 5.15 Å². The molecule has 2 heterocycles. The third-order valence-electron chi connectivity index (χ3n) is 3.58. The van der Waals surface area contributed by atoms with Crippen molar-refractivity contribution in [1.82, 2.24) is 15.2 Å². The van der Waals surface area contributed by atoms with Crippen molar-refractivity contribution in [3.05, 3.63) is 29.0 Å². The molecule has 1 aromatic heterocycles. The van der Waals surface area contributed by atoms with Gasteiger partial charge in [-0.1, -0.05) is 18.0 Å². The van der Waals surface area contributed by atoms with Crippen LogP contribution in [0.15, 0.2) is 18.3 Å². The van der Waals surface area contributed by atoms with Crippen molar-refractivity contribution in [2.24, 2.45) is 0 Å². The van der Waals surface area contributed by atoms with E-state index in [1.165, 1.54) is 19.3 Å². The van der Waals surface area contributed by atoms with Crippen LogP contribution in [0.1, 0.15) is 36.5 Å². The number of hydrogen-bond donors (Lipinski definition) is 1. The van der Waals surface area contributed by atoms with Crippen LogP contribution in [0.3, 0.4) is 0 Å². The van der Waals surface area contributed by atoms with Gasteiger partial charge in [0.1, 0.15) is 5.15 Å². The van der Waals surface area contributed by atoms with Crippen molar-refractivity contribution in [2.45, 2.75) is 32.2 Å². The smallest absolute Gasteiger partial charge is 0.254 e. The molecule has 1 amide bonds. The van der Waals surface area contributed by atoms with Gasteiger partial charge in [-0.25, -0.2) is 4.98 Å². The SMILES string of the molecule is CC(CNC(=O)c1cccnc1Cl)N1CCCCC1. The number of amides is 1. The molecular formula is C14H20ClN3O. The Balaban J connectivity index is 1.84. The zero-order valence-corrected chi connectivity index (χ0v) is 12.0. The summed E-state index contributed by atoms with van der Waals surface area (Å²) in [6.45, 7) is 5.05. The largest absolute Gasteiger partial charge is 0.350 e. The second-order valence-corrected chi connectivity index (χ2v) is 5.36. The van der Waals surface area contributed by atoms with E-state index in [9.17, 15) is 4.79 Å². The van der Waals surface area contributed by atoms with Crippen LogP contribution in [-0.2, 0) is 0 Å². The lowest BCUT2D eigenvalue weighted by atomic mass is 10.1. The Morgan fingerprint density at radius 1 is 1.47 bits per heavy atom. The fourth-order valence-electron chi connectivity index (χ4n) is 2.38. The number of likely N-dealkylation sites (tertiary alicyclic amines) is 1. The lowest BCUT2D eigenvalue weighted by Crippen LogP contribution is -2.44. The monoisotopic (exact) mass is 281 g/mol. The van der Waals surface area contributed by atoms with Gasteiger partial charge in [0.05, 0.1) is 5.56 Å². The van der Waals surface area contributed by atoms with Gasteiger partial charge in [0.25, 0.3) is 5.91 Å². The zero-order chi connectivity index (χ0) is 13.7. The summed E-state index contributed by atoms with van der Waals surface area (Å²) in [4.78, 5) is 18.3. The Bertz CT molecular complexity index is 432. The Hall–Kier alpha value is -1.13. The number of hydrogen-bond acceptors (Lipinski definition) is 3. The second-order valence-electron chi connectivity index (χ2n) is 5.00. The summed E-state index contributed by atoms with van der Waals surface area (Å²) in [7, 11) is 0. The van der Waals surface area contributed by atoms with E-state index in [-0.39, 0.29) is 11.1 Å². The van der Waals surface area contributed by atoms with E-state index in [1.807, 2.05) is 0 Å². The van der Waals surface area contributed by atoms with Gasteiger partial charge in [0.15, 0.2) is 0 Å². The molecule has 0 spiro atoms. The van der Waals surface area contributed by atoms with Crippen molar-refractivity contribution in [3.8, 4) is 0 Å². The van der Waals surface area contributed by atoms with Crippen molar-refractivity contribution in [3.63, 3.8) is 0 Å².